The SMILES string of the molecule is NCC#Cc1csc(CSC2COC2)c1. The van der Waals surface area contributed by atoms with E-state index in [-0.39, 0.29) is 0 Å². The van der Waals surface area contributed by atoms with Gasteiger partial charge in [0.1, 0.15) is 0 Å². The first-order valence-corrected chi connectivity index (χ1v) is 6.77. The molecular weight excluding hydrogens is 226 g/mol. The van der Waals surface area contributed by atoms with Crippen LogP contribution in [0.1, 0.15) is 10.4 Å². The van der Waals surface area contributed by atoms with Gasteiger partial charge in [-0.1, -0.05) is 11.8 Å². The molecule has 1 fully saturated rings. The van der Waals surface area contributed by atoms with E-state index in [0.717, 1.165) is 24.5 Å². The van der Waals surface area contributed by atoms with Crippen LogP contribution in [0.15, 0.2) is 11.4 Å². The minimum absolute atomic E-state index is 0.430. The van der Waals surface area contributed by atoms with Gasteiger partial charge in [-0.25, -0.2) is 0 Å². The standard InChI is InChI=1S/C11H13NOS2/c12-3-1-2-9-4-10(14-7-9)8-15-11-5-13-6-11/h4,7,11H,3,5-6,8,12H2. The van der Waals surface area contributed by atoms with Crippen LogP contribution in [-0.2, 0) is 10.5 Å². The molecule has 0 saturated carbocycles. The topological polar surface area (TPSA) is 35.2 Å². The number of nitrogens with two attached hydrogens (primary N) is 1. The molecule has 4 heteroatoms. The molecule has 0 spiro atoms. The molecule has 0 amide bonds. The first-order valence-electron chi connectivity index (χ1n) is 4.84. The zero-order valence-electron chi connectivity index (χ0n) is 8.36. The van der Waals surface area contributed by atoms with Gasteiger partial charge in [0.2, 0.25) is 0 Å². The van der Waals surface area contributed by atoms with Crippen LogP contribution in [0.5, 0.6) is 0 Å². The summed E-state index contributed by atoms with van der Waals surface area (Å²) in [4.78, 5) is 1.38. The van der Waals surface area contributed by atoms with E-state index in [0.29, 0.717) is 11.8 Å². The first kappa shape index (κ1) is 11.0. The summed E-state index contributed by atoms with van der Waals surface area (Å²) in [5, 5.41) is 2.79. The van der Waals surface area contributed by atoms with Gasteiger partial charge in [-0.2, -0.15) is 0 Å². The molecule has 2 nitrogen and oxygen atoms in total. The summed E-state index contributed by atoms with van der Waals surface area (Å²) in [6.45, 7) is 2.26. The minimum atomic E-state index is 0.430. The summed E-state index contributed by atoms with van der Waals surface area (Å²) in [5.74, 6) is 6.98. The number of hydrogen-bond acceptors (Lipinski definition) is 4. The quantitative estimate of drug-likeness (QED) is 0.815. The Hall–Kier alpha value is -0.470. The predicted molar refractivity (Wildman–Crippen MR) is 66.2 cm³/mol. The maximum absolute atomic E-state index is 5.32. The lowest BCUT2D eigenvalue weighted by Gasteiger charge is -2.24. The Morgan fingerprint density at radius 1 is 1.60 bits per heavy atom. The zero-order chi connectivity index (χ0) is 10.5. The Bertz CT molecular complexity index is 373. The zero-order valence-corrected chi connectivity index (χ0v) is 10.00. The normalized spacial score (nSPS) is 15.5. The van der Waals surface area contributed by atoms with Crippen molar-refractivity contribution < 1.29 is 4.74 Å². The summed E-state index contributed by atoms with van der Waals surface area (Å²) >= 11 is 3.74. The molecule has 1 aromatic rings. The lowest BCUT2D eigenvalue weighted by atomic mass is 10.3. The molecule has 1 saturated heterocycles. The fourth-order valence-electron chi connectivity index (χ4n) is 1.19. The van der Waals surface area contributed by atoms with E-state index in [1.54, 1.807) is 11.3 Å². The van der Waals surface area contributed by atoms with Crippen LogP contribution < -0.4 is 5.73 Å². The first-order chi connectivity index (χ1) is 7.38. The van der Waals surface area contributed by atoms with Crippen LogP contribution in [0.25, 0.3) is 0 Å². The van der Waals surface area contributed by atoms with Crippen LogP contribution in [0.4, 0.5) is 0 Å². The highest BCUT2D eigenvalue weighted by Gasteiger charge is 2.18. The number of ether oxygens (including phenoxy) is 1. The fourth-order valence-corrected chi connectivity index (χ4v) is 3.13. The molecule has 0 bridgehead atoms. The maximum atomic E-state index is 5.32. The third-order valence-electron chi connectivity index (χ3n) is 2.06. The molecule has 2 heterocycles. The van der Waals surface area contributed by atoms with Crippen LogP contribution in [-0.4, -0.2) is 25.0 Å². The Morgan fingerprint density at radius 3 is 3.13 bits per heavy atom. The molecule has 0 radical (unpaired) electrons. The average molecular weight is 239 g/mol. The number of thioether (sulfide) groups is 1. The molecular formula is C11H13NOS2. The smallest absolute Gasteiger partial charge is 0.0608 e. The van der Waals surface area contributed by atoms with Gasteiger partial charge in [-0.3, -0.25) is 0 Å². The highest BCUT2D eigenvalue weighted by Crippen LogP contribution is 2.26. The number of rotatable bonds is 3. The van der Waals surface area contributed by atoms with E-state index >= 15 is 0 Å². The van der Waals surface area contributed by atoms with E-state index in [1.807, 2.05) is 11.8 Å². The second-order valence-corrected chi connectivity index (χ2v) is 5.56. The number of thiophene rings is 1. The Labute approximate surface area is 98.2 Å². The summed E-state index contributed by atoms with van der Waals surface area (Å²) in [5.41, 5.74) is 6.41. The summed E-state index contributed by atoms with van der Waals surface area (Å²) in [7, 11) is 0. The molecule has 0 atom stereocenters. The van der Waals surface area contributed by atoms with Gasteiger partial charge in [0.15, 0.2) is 0 Å². The molecule has 2 N–H and O–H groups in total. The highest BCUT2D eigenvalue weighted by molar-refractivity contribution is 7.99. The Kier molecular flexibility index (Phi) is 4.09. The van der Waals surface area contributed by atoms with Crippen molar-refractivity contribution in [2.24, 2.45) is 5.73 Å². The predicted octanol–water partition coefficient (Wildman–Crippen LogP) is 1.69. The van der Waals surface area contributed by atoms with Crippen LogP contribution >= 0.6 is 23.1 Å². The molecule has 80 valence electrons. The summed E-state index contributed by atoms with van der Waals surface area (Å²) in [6.07, 6.45) is 0. The molecule has 0 aromatic carbocycles. The molecule has 15 heavy (non-hydrogen) atoms. The fraction of sp³-hybridized carbons (Fsp3) is 0.455. The lowest BCUT2D eigenvalue weighted by molar-refractivity contribution is 0.0455. The molecule has 0 aliphatic carbocycles. The van der Waals surface area contributed by atoms with Crippen molar-refractivity contribution in [3.8, 4) is 11.8 Å². The van der Waals surface area contributed by atoms with Gasteiger partial charge < -0.3 is 10.5 Å². The summed E-state index contributed by atoms with van der Waals surface area (Å²) < 4.78 is 5.13. The van der Waals surface area contributed by atoms with Crippen molar-refractivity contribution in [3.63, 3.8) is 0 Å². The average Bonchev–Trinajstić information content (AvgIpc) is 2.60. The van der Waals surface area contributed by atoms with Crippen LogP contribution in [0, 0.1) is 11.8 Å². The van der Waals surface area contributed by atoms with Crippen molar-refractivity contribution in [3.05, 3.63) is 21.9 Å². The third-order valence-corrected chi connectivity index (χ3v) is 4.40. The Balaban J connectivity index is 1.83. The van der Waals surface area contributed by atoms with Crippen molar-refractivity contribution >= 4 is 23.1 Å². The van der Waals surface area contributed by atoms with Crippen LogP contribution in [0.3, 0.4) is 0 Å². The molecule has 0 unspecified atom stereocenters. The van der Waals surface area contributed by atoms with Gasteiger partial charge in [0, 0.05) is 21.6 Å². The minimum Gasteiger partial charge on any atom is -0.379 e. The highest BCUT2D eigenvalue weighted by atomic mass is 32.2. The largest absolute Gasteiger partial charge is 0.379 e. The van der Waals surface area contributed by atoms with Crippen molar-refractivity contribution in [2.75, 3.05) is 19.8 Å². The van der Waals surface area contributed by atoms with E-state index in [1.165, 1.54) is 4.88 Å². The molecule has 2 rings (SSSR count). The monoisotopic (exact) mass is 239 g/mol. The van der Waals surface area contributed by atoms with Gasteiger partial charge in [0.05, 0.1) is 25.0 Å². The van der Waals surface area contributed by atoms with Crippen molar-refractivity contribution in [1.82, 2.24) is 0 Å². The van der Waals surface area contributed by atoms with Gasteiger partial charge >= 0.3 is 0 Å². The van der Waals surface area contributed by atoms with Gasteiger partial charge in [0.25, 0.3) is 0 Å². The maximum Gasteiger partial charge on any atom is 0.0608 e. The molecule has 1 aliphatic heterocycles. The van der Waals surface area contributed by atoms with E-state index < -0.39 is 0 Å². The molecule has 1 aromatic heterocycles. The van der Waals surface area contributed by atoms with Crippen LogP contribution in [0.2, 0.25) is 0 Å². The Morgan fingerprint density at radius 2 is 2.47 bits per heavy atom. The second kappa shape index (κ2) is 5.57. The van der Waals surface area contributed by atoms with E-state index in [9.17, 15) is 0 Å². The molecule has 1 aliphatic rings. The van der Waals surface area contributed by atoms with Crippen molar-refractivity contribution in [1.29, 1.82) is 0 Å². The van der Waals surface area contributed by atoms with E-state index in [4.69, 9.17) is 10.5 Å². The second-order valence-electron chi connectivity index (χ2n) is 3.28. The summed E-state index contributed by atoms with van der Waals surface area (Å²) in [6, 6.07) is 2.15. The third kappa shape index (κ3) is 3.25. The number of hydrogen-bond donors (Lipinski definition) is 1. The van der Waals surface area contributed by atoms with Gasteiger partial charge in [-0.05, 0) is 6.07 Å². The van der Waals surface area contributed by atoms with Gasteiger partial charge in [-0.15, -0.1) is 23.1 Å². The van der Waals surface area contributed by atoms with Crippen molar-refractivity contribution in [2.45, 2.75) is 11.0 Å². The van der Waals surface area contributed by atoms with E-state index in [2.05, 4.69) is 23.3 Å². The lowest BCUT2D eigenvalue weighted by Crippen LogP contribution is -2.30.